The van der Waals surface area contributed by atoms with Gasteiger partial charge in [-0.25, -0.2) is 0 Å². The molecule has 0 N–H and O–H groups in total. The van der Waals surface area contributed by atoms with Crippen molar-refractivity contribution in [2.24, 2.45) is 0 Å². The summed E-state index contributed by atoms with van der Waals surface area (Å²) in [5.74, 6) is 0. The molecular weight excluding hydrogens is 1060 g/mol. The molecule has 12 aromatic carbocycles. The molecule has 0 aliphatic carbocycles. The van der Waals surface area contributed by atoms with Crippen molar-refractivity contribution in [2.75, 3.05) is 19.6 Å². The van der Waals surface area contributed by atoms with E-state index in [9.17, 15) is 0 Å². The molecule has 0 radical (unpaired) electrons. The summed E-state index contributed by atoms with van der Waals surface area (Å²) in [5.41, 5.74) is 23.7. The fourth-order valence-electron chi connectivity index (χ4n) is 12.9. The lowest BCUT2D eigenvalue weighted by molar-refractivity contribution is 0.795. The first-order valence-corrected chi connectivity index (χ1v) is 32.7. The van der Waals surface area contributed by atoms with Crippen LogP contribution in [0.3, 0.4) is 0 Å². The van der Waals surface area contributed by atoms with Gasteiger partial charge in [-0.2, -0.15) is 0 Å². The summed E-state index contributed by atoms with van der Waals surface area (Å²) >= 11 is 0. The number of rotatable bonds is 24. The first-order chi connectivity index (χ1) is 43.1. The number of unbranched alkanes of at least 4 members (excludes halogenated alkanes) is 4. The van der Waals surface area contributed by atoms with Crippen molar-refractivity contribution in [3.8, 4) is 0 Å². The highest BCUT2D eigenvalue weighted by Gasteiger charge is 2.29. The molecule has 88 heavy (non-hydrogen) atoms. The number of hydrogen-bond acceptors (Lipinski definition) is 4. The first-order valence-electron chi connectivity index (χ1n) is 32.7. The Balaban J connectivity index is 1.25. The molecule has 0 heterocycles. The van der Waals surface area contributed by atoms with Crippen LogP contribution in [0.15, 0.2) is 231 Å². The molecule has 0 aliphatic rings. The van der Waals surface area contributed by atoms with Gasteiger partial charge in [-0.3, -0.25) is 0 Å². The van der Waals surface area contributed by atoms with Crippen LogP contribution in [0.4, 0.5) is 68.2 Å². The van der Waals surface area contributed by atoms with Gasteiger partial charge < -0.3 is 19.6 Å². The molecule has 12 rings (SSSR count). The van der Waals surface area contributed by atoms with Crippen LogP contribution in [0.25, 0.3) is 32.3 Å². The van der Waals surface area contributed by atoms with Crippen LogP contribution in [0, 0.1) is 27.7 Å². The van der Waals surface area contributed by atoms with Crippen molar-refractivity contribution in [1.82, 2.24) is 0 Å². The van der Waals surface area contributed by atoms with Gasteiger partial charge >= 0.3 is 0 Å². The quantitative estimate of drug-likeness (QED) is 0.0559. The molecular formula is C84H86N4. The monoisotopic (exact) mass is 1150 g/mol. The molecule has 4 nitrogen and oxygen atoms in total. The number of benzene rings is 12. The smallest absolute Gasteiger partial charge is 0.0561 e. The predicted octanol–water partition coefficient (Wildman–Crippen LogP) is 25.1. The van der Waals surface area contributed by atoms with Crippen molar-refractivity contribution in [3.05, 3.63) is 275 Å². The molecule has 4 heteroatoms. The number of nitrogens with zero attached hydrogens (tertiary/aromatic N) is 4. The number of anilines is 12. The van der Waals surface area contributed by atoms with E-state index in [4.69, 9.17) is 0 Å². The molecule has 0 amide bonds. The minimum atomic E-state index is 1.06. The first kappa shape index (κ1) is 59.2. The summed E-state index contributed by atoms with van der Waals surface area (Å²) in [6.07, 6.45) is 13.5. The third-order valence-corrected chi connectivity index (χ3v) is 18.0. The van der Waals surface area contributed by atoms with Crippen LogP contribution in [-0.2, 0) is 25.7 Å². The largest absolute Gasteiger partial charge is 0.310 e. The summed E-state index contributed by atoms with van der Waals surface area (Å²) in [4.78, 5) is 10.1. The topological polar surface area (TPSA) is 13.0 Å². The van der Waals surface area contributed by atoms with Gasteiger partial charge in [-0.15, -0.1) is 0 Å². The highest BCUT2D eigenvalue weighted by atomic mass is 15.2. The Morgan fingerprint density at radius 3 is 0.557 bits per heavy atom. The molecule has 0 saturated carbocycles. The Kier molecular flexibility index (Phi) is 18.1. The fourth-order valence-corrected chi connectivity index (χ4v) is 12.9. The van der Waals surface area contributed by atoms with Crippen molar-refractivity contribution in [1.29, 1.82) is 0 Å². The molecule has 12 aromatic rings. The van der Waals surface area contributed by atoms with Crippen LogP contribution in [0.1, 0.15) is 124 Å². The Labute approximate surface area is 524 Å². The van der Waals surface area contributed by atoms with Gasteiger partial charge in [-0.1, -0.05) is 197 Å². The zero-order chi connectivity index (χ0) is 60.7. The lowest BCUT2D eigenvalue weighted by atomic mass is 9.89. The predicted molar refractivity (Wildman–Crippen MR) is 382 cm³/mol. The van der Waals surface area contributed by atoms with E-state index in [1.807, 2.05) is 0 Å². The lowest BCUT2D eigenvalue weighted by Gasteiger charge is -2.34. The Bertz CT molecular complexity index is 3690. The minimum absolute atomic E-state index is 1.06. The van der Waals surface area contributed by atoms with Gasteiger partial charge in [0.25, 0.3) is 0 Å². The van der Waals surface area contributed by atoms with Crippen LogP contribution >= 0.6 is 0 Å². The van der Waals surface area contributed by atoms with E-state index >= 15 is 0 Å². The maximum absolute atomic E-state index is 2.53. The van der Waals surface area contributed by atoms with Gasteiger partial charge in [0.2, 0.25) is 0 Å². The Morgan fingerprint density at radius 1 is 0.216 bits per heavy atom. The Hall–Kier alpha value is -9.12. The molecule has 0 unspecified atom stereocenters. The second-order valence-electron chi connectivity index (χ2n) is 24.7. The number of aryl methyl sites for hydroxylation is 8. The summed E-state index contributed by atoms with van der Waals surface area (Å²) in [7, 11) is 0. The molecule has 0 aliphatic heterocycles. The molecule has 0 atom stereocenters. The van der Waals surface area contributed by atoms with Gasteiger partial charge in [-0.05, 0) is 211 Å². The molecule has 0 fully saturated rings. The highest BCUT2D eigenvalue weighted by Crippen LogP contribution is 2.55. The summed E-state index contributed by atoms with van der Waals surface area (Å²) in [6, 6.07) is 89.0. The van der Waals surface area contributed by atoms with E-state index < -0.39 is 0 Å². The minimum Gasteiger partial charge on any atom is -0.310 e. The third kappa shape index (κ3) is 12.4. The summed E-state index contributed by atoms with van der Waals surface area (Å²) in [6.45, 7) is 17.9. The summed E-state index contributed by atoms with van der Waals surface area (Å²) in [5, 5.41) is 7.16. The SMILES string of the molecule is CCCCc1ccc(N(c2ccc(C)cc2)c2cc(N(c3ccc(C)cc3)c3ccc(CCCC)cc3)c3ccc4c(N(c5ccc(C)cc5)c5ccc(CCCC)cc5)cc(N(c5ccc(C)cc5)c5ccc(CCCC)cc5)c5ccc2c3c54)cc1. The van der Waals surface area contributed by atoms with E-state index in [1.54, 1.807) is 0 Å². The molecule has 0 saturated heterocycles. The van der Waals surface area contributed by atoms with E-state index in [0.29, 0.717) is 0 Å². The lowest BCUT2D eigenvalue weighted by Crippen LogP contribution is -2.16. The number of hydrogen-bond donors (Lipinski definition) is 0. The zero-order valence-corrected chi connectivity index (χ0v) is 53.2. The van der Waals surface area contributed by atoms with Crippen molar-refractivity contribution >= 4 is 101 Å². The van der Waals surface area contributed by atoms with E-state index in [1.165, 1.54) is 76.8 Å². The second kappa shape index (κ2) is 26.9. The van der Waals surface area contributed by atoms with Crippen LogP contribution in [0.2, 0.25) is 0 Å². The van der Waals surface area contributed by atoms with Crippen LogP contribution in [0.5, 0.6) is 0 Å². The molecule has 0 aromatic heterocycles. The second-order valence-corrected chi connectivity index (χ2v) is 24.7. The van der Waals surface area contributed by atoms with Crippen molar-refractivity contribution in [3.63, 3.8) is 0 Å². The summed E-state index contributed by atoms with van der Waals surface area (Å²) < 4.78 is 0. The fraction of sp³-hybridized carbons (Fsp3) is 0.238. The van der Waals surface area contributed by atoms with Gasteiger partial charge in [0.1, 0.15) is 0 Å². The van der Waals surface area contributed by atoms with Crippen LogP contribution in [-0.4, -0.2) is 0 Å². The highest BCUT2D eigenvalue weighted by molar-refractivity contribution is 6.33. The normalized spacial score (nSPS) is 11.5. The van der Waals surface area contributed by atoms with Crippen molar-refractivity contribution in [2.45, 2.75) is 132 Å². The Morgan fingerprint density at radius 2 is 0.386 bits per heavy atom. The molecule has 0 bridgehead atoms. The maximum atomic E-state index is 2.53. The van der Waals surface area contributed by atoms with E-state index in [0.717, 1.165) is 145 Å². The van der Waals surface area contributed by atoms with Gasteiger partial charge in [0.05, 0.1) is 22.7 Å². The molecule has 0 spiro atoms. The molecule has 442 valence electrons. The standard InChI is InChI=1S/C84H86N4/c1-9-13-17-63-29-45-71(46-30-63)85(67-37-21-59(5)22-38-67)79-57-80(86(68-39-23-60(6)24-40-68)72-47-31-64(32-48-72)18-14-10-2)76-55-56-78-82(88(70-43-27-62(8)28-44-70)74-51-35-66(36-52-74)20-16-12-4)58-81(77-54-53-75(79)83(76)84(77)78)87(69-41-25-61(7)26-42-69)73-49-33-65(34-50-73)19-15-11-3/h21-58H,9-20H2,1-8H3. The van der Waals surface area contributed by atoms with E-state index in [2.05, 4.69) is 306 Å². The van der Waals surface area contributed by atoms with Crippen molar-refractivity contribution < 1.29 is 0 Å². The zero-order valence-electron chi connectivity index (χ0n) is 53.2. The van der Waals surface area contributed by atoms with E-state index in [-0.39, 0.29) is 0 Å². The van der Waals surface area contributed by atoms with Crippen LogP contribution < -0.4 is 19.6 Å². The third-order valence-electron chi connectivity index (χ3n) is 18.0. The van der Waals surface area contributed by atoms with Gasteiger partial charge in [0.15, 0.2) is 0 Å². The average Bonchev–Trinajstić information content (AvgIpc) is 0.838. The maximum Gasteiger partial charge on any atom is 0.0561 e. The average molecular weight is 1150 g/mol. The van der Waals surface area contributed by atoms with Gasteiger partial charge in [0, 0.05) is 77.8 Å².